The van der Waals surface area contributed by atoms with Gasteiger partial charge in [-0.2, -0.15) is 10.5 Å². The van der Waals surface area contributed by atoms with E-state index in [1.54, 1.807) is 28.4 Å². The van der Waals surface area contributed by atoms with Gasteiger partial charge < -0.3 is 34.0 Å². The molecule has 0 aromatic heterocycles. The smallest absolute Gasteiger partial charge is 0.262 e. The van der Waals surface area contributed by atoms with E-state index in [4.69, 9.17) is 23.4 Å². The maximum absolute atomic E-state index is 13.5. The van der Waals surface area contributed by atoms with Crippen molar-refractivity contribution in [1.82, 2.24) is 10.6 Å². The average Bonchev–Trinajstić information content (AvgIpc) is 3.57. The number of nitrogens with one attached hydrogen (secondary N) is 2. The summed E-state index contributed by atoms with van der Waals surface area (Å²) >= 11 is 0. The summed E-state index contributed by atoms with van der Waals surface area (Å²) in [6.07, 6.45) is 1.45. The number of amides is 2. The summed E-state index contributed by atoms with van der Waals surface area (Å²) in [4.78, 5) is 27.1. The van der Waals surface area contributed by atoms with Crippen molar-refractivity contribution in [2.24, 2.45) is 0 Å². The lowest BCUT2D eigenvalue weighted by molar-refractivity contribution is -0.117. The van der Waals surface area contributed by atoms with Crippen molar-refractivity contribution in [2.45, 2.75) is 77.6 Å². The maximum atomic E-state index is 13.5. The number of fused-ring (bicyclic) bond motifs is 2. The lowest BCUT2D eigenvalue weighted by Gasteiger charge is -2.32. The molecule has 13 heteroatoms. The molecule has 2 N–H and O–H groups in total. The molecule has 0 spiro atoms. The Morgan fingerprint density at radius 1 is 0.679 bits per heavy atom. The Morgan fingerprint density at radius 3 is 1.39 bits per heavy atom. The van der Waals surface area contributed by atoms with Crippen molar-refractivity contribution < 1.29 is 33.0 Å². The second-order valence-electron chi connectivity index (χ2n) is 16.8. The maximum Gasteiger partial charge on any atom is 0.262 e. The number of nitrogens with zero attached hydrogens (tertiary/aromatic N) is 2. The van der Waals surface area contributed by atoms with E-state index in [-0.39, 0.29) is 35.1 Å². The SMILES string of the molecule is C=C(CNC(=O)/C(C#N)=C1\CC(C)(C)c2cc(OC)c(OC)cc21)[Si](C)(C)CO[Si](C)(C)C(=C)CNC(=O)/C(C#N)=C1\CC(C)(C)c2cc(OC)c(OC)cc21. The Balaban J connectivity index is 1.40. The third-order valence-corrected chi connectivity index (χ3v) is 17.2. The molecule has 0 bridgehead atoms. The highest BCUT2D eigenvalue weighted by Gasteiger charge is 2.40. The van der Waals surface area contributed by atoms with Gasteiger partial charge in [0.1, 0.15) is 31.4 Å². The number of carbonyl (C=O) groups is 2. The standard InChI is InChI=1S/C43H56N4O7Si2/c1-26(23-46-40(48)32(21-44)30-19-42(3,4)34-17-38(52-9)36(50-7)15-28(30)34)55(11,12)25-54-56(13,14)27(2)24-47-41(49)33(22-45)31-20-43(5,6)35-18-39(53-10)37(51-8)16-29(31)35/h15-18H,1-2,19-20,23-25H2,3-14H3,(H,46,48)(H,47,49)/b32-30+,33-31+. The zero-order chi connectivity index (χ0) is 42.0. The summed E-state index contributed by atoms with van der Waals surface area (Å²) in [7, 11) is 1.43. The Labute approximate surface area is 334 Å². The monoisotopic (exact) mass is 796 g/mol. The van der Waals surface area contributed by atoms with Crippen LogP contribution in [0.1, 0.15) is 62.8 Å². The molecule has 0 radical (unpaired) electrons. The first kappa shape index (κ1) is 43.6. The molecule has 2 aliphatic rings. The molecular weight excluding hydrogens is 741 g/mol. The van der Waals surface area contributed by atoms with Gasteiger partial charge in [-0.05, 0) is 99.6 Å². The minimum absolute atomic E-state index is 0.0557. The second-order valence-corrected chi connectivity index (χ2v) is 25.6. The summed E-state index contributed by atoms with van der Waals surface area (Å²) in [5.41, 5.74) is 4.40. The molecule has 4 rings (SSSR count). The molecule has 0 atom stereocenters. The predicted molar refractivity (Wildman–Crippen MR) is 225 cm³/mol. The largest absolute Gasteiger partial charge is 0.493 e. The number of rotatable bonds is 15. The zero-order valence-electron chi connectivity index (χ0n) is 35.0. The van der Waals surface area contributed by atoms with Gasteiger partial charge in [0, 0.05) is 19.3 Å². The third-order valence-electron chi connectivity index (χ3n) is 11.2. The second kappa shape index (κ2) is 16.6. The third kappa shape index (κ3) is 8.65. The minimum Gasteiger partial charge on any atom is -0.493 e. The van der Waals surface area contributed by atoms with Gasteiger partial charge in [-0.15, -0.1) is 6.58 Å². The molecule has 0 fully saturated rings. The fourth-order valence-electron chi connectivity index (χ4n) is 7.17. The molecule has 0 heterocycles. The molecule has 2 aliphatic carbocycles. The molecule has 0 saturated carbocycles. The van der Waals surface area contributed by atoms with E-state index in [0.29, 0.717) is 53.2 Å². The summed E-state index contributed by atoms with van der Waals surface area (Å²) in [5.74, 6) is 1.32. The highest BCUT2D eigenvalue weighted by Crippen LogP contribution is 2.51. The van der Waals surface area contributed by atoms with Gasteiger partial charge >= 0.3 is 0 Å². The van der Waals surface area contributed by atoms with Gasteiger partial charge in [0.2, 0.25) is 8.32 Å². The molecule has 11 nitrogen and oxygen atoms in total. The number of hydrogen-bond donors (Lipinski definition) is 2. The molecule has 0 saturated heterocycles. The number of benzene rings is 2. The number of allylic oxidation sites excluding steroid dienone is 2. The molecule has 2 aromatic carbocycles. The fourth-order valence-corrected chi connectivity index (χ4v) is 11.5. The fraction of sp³-hybridized carbons (Fsp3) is 0.442. The van der Waals surface area contributed by atoms with Gasteiger partial charge in [-0.1, -0.05) is 52.6 Å². The van der Waals surface area contributed by atoms with Crippen LogP contribution in [0.15, 0.2) is 59.0 Å². The van der Waals surface area contributed by atoms with Crippen LogP contribution in [0.25, 0.3) is 11.1 Å². The van der Waals surface area contributed by atoms with Crippen molar-refractivity contribution in [2.75, 3.05) is 47.8 Å². The summed E-state index contributed by atoms with van der Waals surface area (Å²) in [6, 6.07) is 11.8. The molecule has 298 valence electrons. The minimum atomic E-state index is -2.56. The summed E-state index contributed by atoms with van der Waals surface area (Å²) in [6.45, 7) is 25.5. The van der Waals surface area contributed by atoms with E-state index in [1.165, 1.54) is 0 Å². The quantitative estimate of drug-likeness (QED) is 0.108. The first-order chi connectivity index (χ1) is 26.1. The first-order valence-electron chi connectivity index (χ1n) is 18.5. The topological polar surface area (TPSA) is 152 Å². The number of methoxy groups -OCH3 is 4. The number of nitriles is 2. The van der Waals surface area contributed by atoms with Crippen LogP contribution in [-0.4, -0.2) is 76.0 Å². The van der Waals surface area contributed by atoms with Gasteiger partial charge in [0.15, 0.2) is 23.0 Å². The van der Waals surface area contributed by atoms with Crippen molar-refractivity contribution in [3.63, 3.8) is 0 Å². The van der Waals surface area contributed by atoms with Crippen LogP contribution in [0.5, 0.6) is 23.0 Å². The number of carbonyl (C=O) groups excluding carboxylic acids is 2. The van der Waals surface area contributed by atoms with E-state index in [9.17, 15) is 20.1 Å². The number of ether oxygens (including phenoxy) is 4. The average molecular weight is 797 g/mol. The Hall–Kier alpha value is -5.09. The van der Waals surface area contributed by atoms with Crippen LogP contribution >= 0.6 is 0 Å². The number of hydrogen-bond acceptors (Lipinski definition) is 9. The van der Waals surface area contributed by atoms with E-state index < -0.39 is 28.2 Å². The zero-order valence-corrected chi connectivity index (χ0v) is 37.0. The van der Waals surface area contributed by atoms with Crippen LogP contribution in [0.2, 0.25) is 26.2 Å². The molecule has 2 amide bonds. The highest BCUT2D eigenvalue weighted by molar-refractivity contribution is 6.86. The van der Waals surface area contributed by atoms with Crippen molar-refractivity contribution >= 4 is 39.4 Å². The van der Waals surface area contributed by atoms with Gasteiger partial charge in [-0.25, -0.2) is 0 Å². The van der Waals surface area contributed by atoms with Crippen LogP contribution in [0.4, 0.5) is 0 Å². The van der Waals surface area contributed by atoms with Crippen molar-refractivity contribution in [1.29, 1.82) is 10.5 Å². The summed E-state index contributed by atoms with van der Waals surface area (Å²) in [5, 5.41) is 27.9. The van der Waals surface area contributed by atoms with E-state index in [2.05, 4.69) is 76.7 Å². The van der Waals surface area contributed by atoms with Crippen LogP contribution in [0.3, 0.4) is 0 Å². The molecule has 0 unspecified atom stereocenters. The molecule has 56 heavy (non-hydrogen) atoms. The normalized spacial score (nSPS) is 17.0. The van der Waals surface area contributed by atoms with E-state index in [1.807, 2.05) is 37.4 Å². The molecule has 2 aromatic rings. The lowest BCUT2D eigenvalue weighted by Crippen LogP contribution is -2.47. The lowest BCUT2D eigenvalue weighted by atomic mass is 9.86. The van der Waals surface area contributed by atoms with Crippen LogP contribution < -0.4 is 29.6 Å². The van der Waals surface area contributed by atoms with E-state index >= 15 is 0 Å². The Kier molecular flexibility index (Phi) is 12.9. The van der Waals surface area contributed by atoms with Crippen LogP contribution in [-0.2, 0) is 24.8 Å². The van der Waals surface area contributed by atoms with Gasteiger partial charge in [0.05, 0.1) is 28.4 Å². The molecular formula is C43H56N4O7Si2. The highest BCUT2D eigenvalue weighted by atomic mass is 28.4. The Morgan fingerprint density at radius 2 is 1.04 bits per heavy atom. The van der Waals surface area contributed by atoms with Crippen molar-refractivity contribution in [3.05, 3.63) is 81.2 Å². The predicted octanol–water partition coefficient (Wildman–Crippen LogP) is 7.23. The van der Waals surface area contributed by atoms with Gasteiger partial charge in [0.25, 0.3) is 11.8 Å². The first-order valence-corrected chi connectivity index (χ1v) is 24.6. The Bertz CT molecular complexity index is 1970. The molecule has 0 aliphatic heterocycles. The van der Waals surface area contributed by atoms with Crippen molar-refractivity contribution in [3.8, 4) is 35.1 Å². The van der Waals surface area contributed by atoms with E-state index in [0.717, 1.165) is 32.6 Å². The van der Waals surface area contributed by atoms with Crippen LogP contribution in [0, 0.1) is 22.7 Å². The van der Waals surface area contributed by atoms with Gasteiger partial charge in [-0.3, -0.25) is 9.59 Å². The summed E-state index contributed by atoms with van der Waals surface area (Å²) < 4.78 is 28.6.